The van der Waals surface area contributed by atoms with Crippen molar-refractivity contribution in [2.75, 3.05) is 20.8 Å². The molecule has 1 aliphatic heterocycles. The zero-order valence-corrected chi connectivity index (χ0v) is 20.7. The Morgan fingerprint density at radius 2 is 1.91 bits per heavy atom. The third kappa shape index (κ3) is 4.69. The van der Waals surface area contributed by atoms with Crippen LogP contribution in [-0.2, 0) is 17.9 Å². The summed E-state index contributed by atoms with van der Waals surface area (Å²) in [6, 6.07) is 6.96. The van der Waals surface area contributed by atoms with Crippen LogP contribution in [0.5, 0.6) is 11.5 Å². The highest BCUT2D eigenvalue weighted by Gasteiger charge is 2.48. The number of amides is 3. The number of methoxy groups -OCH3 is 2. The Morgan fingerprint density at radius 3 is 2.57 bits per heavy atom. The SMILES string of the molecule is CCN1C(=O)c2cc(C(=O)NCc3cc(OC)ccc3OC)nn2CC1(C)C(=O)NC1CCCC1. The zero-order chi connectivity index (χ0) is 25.2. The van der Waals surface area contributed by atoms with Crippen molar-refractivity contribution in [2.24, 2.45) is 0 Å². The minimum absolute atomic E-state index is 0.117. The largest absolute Gasteiger partial charge is 0.497 e. The van der Waals surface area contributed by atoms with Gasteiger partial charge in [0.25, 0.3) is 11.8 Å². The molecule has 1 aliphatic carbocycles. The van der Waals surface area contributed by atoms with Crippen molar-refractivity contribution in [1.82, 2.24) is 25.3 Å². The van der Waals surface area contributed by atoms with E-state index in [0.717, 1.165) is 31.2 Å². The van der Waals surface area contributed by atoms with E-state index in [4.69, 9.17) is 9.47 Å². The van der Waals surface area contributed by atoms with Crippen LogP contribution in [0.25, 0.3) is 0 Å². The van der Waals surface area contributed by atoms with Crippen LogP contribution in [0.15, 0.2) is 24.3 Å². The van der Waals surface area contributed by atoms with Gasteiger partial charge in [0.1, 0.15) is 22.7 Å². The molecule has 2 heterocycles. The molecule has 3 amide bonds. The first kappa shape index (κ1) is 24.6. The van der Waals surface area contributed by atoms with Crippen molar-refractivity contribution in [3.63, 3.8) is 0 Å². The van der Waals surface area contributed by atoms with Crippen LogP contribution >= 0.6 is 0 Å². The highest BCUT2D eigenvalue weighted by molar-refractivity contribution is 6.01. The van der Waals surface area contributed by atoms with Gasteiger partial charge in [0, 0.05) is 30.8 Å². The fourth-order valence-corrected chi connectivity index (χ4v) is 4.94. The van der Waals surface area contributed by atoms with E-state index >= 15 is 0 Å². The number of likely N-dealkylation sites (N-methyl/N-ethyl adjacent to an activating group) is 1. The predicted molar refractivity (Wildman–Crippen MR) is 128 cm³/mol. The monoisotopic (exact) mass is 483 g/mol. The first-order chi connectivity index (χ1) is 16.8. The van der Waals surface area contributed by atoms with Gasteiger partial charge in [-0.3, -0.25) is 19.1 Å². The number of aromatic nitrogens is 2. The van der Waals surface area contributed by atoms with Crippen molar-refractivity contribution in [3.8, 4) is 11.5 Å². The number of benzene rings is 1. The lowest BCUT2D eigenvalue weighted by Gasteiger charge is -2.43. The van der Waals surface area contributed by atoms with E-state index in [9.17, 15) is 14.4 Å². The molecule has 1 fully saturated rings. The molecular formula is C25H33N5O5. The number of nitrogens with one attached hydrogen (secondary N) is 2. The molecule has 4 rings (SSSR count). The lowest BCUT2D eigenvalue weighted by molar-refractivity contribution is -0.133. The number of hydrogen-bond donors (Lipinski definition) is 2. The van der Waals surface area contributed by atoms with Crippen LogP contribution in [0.4, 0.5) is 0 Å². The summed E-state index contributed by atoms with van der Waals surface area (Å²) in [4.78, 5) is 41.0. The molecular weight excluding hydrogens is 450 g/mol. The molecule has 0 radical (unpaired) electrons. The lowest BCUT2D eigenvalue weighted by atomic mass is 9.94. The molecule has 0 spiro atoms. The second kappa shape index (κ2) is 9.97. The van der Waals surface area contributed by atoms with Gasteiger partial charge in [-0.05, 0) is 44.9 Å². The molecule has 1 atom stereocenters. The molecule has 10 heteroatoms. The van der Waals surface area contributed by atoms with Crippen molar-refractivity contribution >= 4 is 17.7 Å². The van der Waals surface area contributed by atoms with Gasteiger partial charge in [-0.1, -0.05) is 12.8 Å². The van der Waals surface area contributed by atoms with E-state index in [1.54, 1.807) is 44.2 Å². The average molecular weight is 484 g/mol. The van der Waals surface area contributed by atoms with Gasteiger partial charge in [0.15, 0.2) is 5.69 Å². The lowest BCUT2D eigenvalue weighted by Crippen LogP contribution is -2.64. The minimum Gasteiger partial charge on any atom is -0.497 e. The molecule has 1 saturated carbocycles. The first-order valence-electron chi connectivity index (χ1n) is 12.0. The van der Waals surface area contributed by atoms with Gasteiger partial charge >= 0.3 is 0 Å². The van der Waals surface area contributed by atoms with Gasteiger partial charge in [0.2, 0.25) is 5.91 Å². The summed E-state index contributed by atoms with van der Waals surface area (Å²) in [5.74, 6) is 0.339. The Bertz CT molecular complexity index is 1120. The maximum atomic E-state index is 13.3. The van der Waals surface area contributed by atoms with Crippen molar-refractivity contribution in [2.45, 2.75) is 64.2 Å². The molecule has 35 heavy (non-hydrogen) atoms. The molecule has 1 unspecified atom stereocenters. The molecule has 0 bridgehead atoms. The molecule has 2 aromatic rings. The topological polar surface area (TPSA) is 115 Å². The normalized spacial score (nSPS) is 19.9. The smallest absolute Gasteiger partial charge is 0.273 e. The average Bonchev–Trinajstić information content (AvgIpc) is 3.52. The number of ether oxygens (including phenoxy) is 2. The Balaban J connectivity index is 1.52. The summed E-state index contributed by atoms with van der Waals surface area (Å²) >= 11 is 0. The van der Waals surface area contributed by atoms with Crippen LogP contribution < -0.4 is 20.1 Å². The van der Waals surface area contributed by atoms with Crippen LogP contribution in [0.1, 0.15) is 66.1 Å². The third-order valence-electron chi connectivity index (χ3n) is 6.95. The van der Waals surface area contributed by atoms with E-state index < -0.39 is 11.4 Å². The molecule has 10 nitrogen and oxygen atoms in total. The quantitative estimate of drug-likeness (QED) is 0.595. The van der Waals surface area contributed by atoms with E-state index in [0.29, 0.717) is 23.7 Å². The van der Waals surface area contributed by atoms with Gasteiger partial charge < -0.3 is 25.0 Å². The maximum absolute atomic E-state index is 13.3. The second-order valence-electron chi connectivity index (χ2n) is 9.21. The van der Waals surface area contributed by atoms with Gasteiger partial charge in [-0.25, -0.2) is 0 Å². The summed E-state index contributed by atoms with van der Waals surface area (Å²) in [6.07, 6.45) is 4.11. The molecule has 0 saturated heterocycles. The van der Waals surface area contributed by atoms with Crippen LogP contribution in [0.3, 0.4) is 0 Å². The molecule has 2 aliphatic rings. The molecule has 188 valence electrons. The highest BCUT2D eigenvalue weighted by Crippen LogP contribution is 2.29. The first-order valence-corrected chi connectivity index (χ1v) is 12.0. The Hall–Kier alpha value is -3.56. The van der Waals surface area contributed by atoms with Crippen LogP contribution in [-0.4, -0.2) is 64.7 Å². The van der Waals surface area contributed by atoms with E-state index in [-0.39, 0.29) is 36.6 Å². The zero-order valence-electron chi connectivity index (χ0n) is 20.7. The summed E-state index contributed by atoms with van der Waals surface area (Å²) in [6.45, 7) is 4.35. The van der Waals surface area contributed by atoms with Crippen molar-refractivity contribution in [1.29, 1.82) is 0 Å². The molecule has 1 aromatic heterocycles. The fourth-order valence-electron chi connectivity index (χ4n) is 4.94. The number of carbonyl (C=O) groups is 3. The van der Waals surface area contributed by atoms with E-state index in [2.05, 4.69) is 15.7 Å². The number of fused-ring (bicyclic) bond motifs is 1. The molecule has 1 aromatic carbocycles. The van der Waals surface area contributed by atoms with Crippen LogP contribution in [0, 0.1) is 0 Å². The number of hydrogen-bond acceptors (Lipinski definition) is 6. The highest BCUT2D eigenvalue weighted by atomic mass is 16.5. The predicted octanol–water partition coefficient (Wildman–Crippen LogP) is 2.12. The van der Waals surface area contributed by atoms with Gasteiger partial charge in [-0.15, -0.1) is 0 Å². The van der Waals surface area contributed by atoms with Crippen molar-refractivity contribution in [3.05, 3.63) is 41.2 Å². The second-order valence-corrected chi connectivity index (χ2v) is 9.21. The summed E-state index contributed by atoms with van der Waals surface area (Å²) < 4.78 is 12.1. The summed E-state index contributed by atoms with van der Waals surface area (Å²) in [7, 11) is 3.12. The maximum Gasteiger partial charge on any atom is 0.273 e. The molecule has 2 N–H and O–H groups in total. The van der Waals surface area contributed by atoms with Gasteiger partial charge in [0.05, 0.1) is 20.8 Å². The number of rotatable bonds is 8. The van der Waals surface area contributed by atoms with E-state index in [1.807, 2.05) is 6.92 Å². The Morgan fingerprint density at radius 1 is 1.17 bits per heavy atom. The number of nitrogens with zero attached hydrogens (tertiary/aromatic N) is 3. The fraction of sp³-hybridized carbons (Fsp3) is 0.520. The van der Waals surface area contributed by atoms with Crippen molar-refractivity contribution < 1.29 is 23.9 Å². The van der Waals surface area contributed by atoms with Crippen LogP contribution in [0.2, 0.25) is 0 Å². The van der Waals surface area contributed by atoms with Gasteiger partial charge in [-0.2, -0.15) is 5.10 Å². The summed E-state index contributed by atoms with van der Waals surface area (Å²) in [5, 5.41) is 10.3. The minimum atomic E-state index is -1.09. The van der Waals surface area contributed by atoms with E-state index in [1.165, 1.54) is 10.7 Å². The summed E-state index contributed by atoms with van der Waals surface area (Å²) in [5.41, 5.74) is 0.0668. The third-order valence-corrected chi connectivity index (χ3v) is 6.95. The number of carbonyl (C=O) groups excluding carboxylic acids is 3. The Kier molecular flexibility index (Phi) is 7.00. The Labute approximate surface area is 204 Å². The standard InChI is InChI=1S/C25H33N5O5/c1-5-29-23(32)20-13-19(22(31)26-14-16-12-18(34-3)10-11-21(16)35-4)28-30(20)15-25(29,2)24(33)27-17-8-6-7-9-17/h10-13,17H,5-9,14-15H2,1-4H3,(H,26,31)(H,27,33).